The third-order valence-electron chi connectivity index (χ3n) is 3.28. The van der Waals surface area contributed by atoms with Crippen molar-refractivity contribution in [2.75, 3.05) is 5.73 Å². The van der Waals surface area contributed by atoms with Crippen LogP contribution in [-0.2, 0) is 6.42 Å². The van der Waals surface area contributed by atoms with Gasteiger partial charge in [0.1, 0.15) is 5.82 Å². The number of benzene rings is 1. The average Bonchev–Trinajstić information content (AvgIpc) is 2.81. The Kier molecular flexibility index (Phi) is 1.99. The number of hydrogen-bond donors (Lipinski definition) is 1. The molecule has 3 rings (SSSR count). The van der Waals surface area contributed by atoms with Crippen LogP contribution in [0.5, 0.6) is 0 Å². The van der Waals surface area contributed by atoms with Crippen LogP contribution in [0.1, 0.15) is 29.3 Å². The summed E-state index contributed by atoms with van der Waals surface area (Å²) in [6, 6.07) is 10.8. The van der Waals surface area contributed by atoms with Gasteiger partial charge in [-0.15, -0.1) is 0 Å². The Hall–Kier alpha value is -1.77. The molecule has 0 bridgehead atoms. The van der Waals surface area contributed by atoms with E-state index in [2.05, 4.69) is 29.4 Å². The third-order valence-corrected chi connectivity index (χ3v) is 3.28. The summed E-state index contributed by atoms with van der Waals surface area (Å²) in [6.07, 6.45) is 2.23. The molecule has 16 heavy (non-hydrogen) atoms. The minimum Gasteiger partial charge on any atom is -0.384 e. The van der Waals surface area contributed by atoms with Crippen LogP contribution in [0.2, 0.25) is 0 Å². The molecule has 0 saturated carbocycles. The molecule has 0 spiro atoms. The summed E-state index contributed by atoms with van der Waals surface area (Å²) in [5, 5.41) is 4.48. The Balaban J connectivity index is 2.08. The largest absolute Gasteiger partial charge is 0.384 e. The van der Waals surface area contributed by atoms with E-state index < -0.39 is 0 Å². The predicted octanol–water partition coefficient (Wildman–Crippen LogP) is 2.31. The molecule has 1 aliphatic carbocycles. The SMILES string of the molecule is Cc1cc(N)n(C2CCc3ccccc32)n1. The minimum absolute atomic E-state index is 0.324. The highest BCUT2D eigenvalue weighted by atomic mass is 15.3. The van der Waals surface area contributed by atoms with Crippen molar-refractivity contribution in [2.45, 2.75) is 25.8 Å². The van der Waals surface area contributed by atoms with E-state index in [0.717, 1.165) is 24.4 Å². The van der Waals surface area contributed by atoms with Gasteiger partial charge in [0.2, 0.25) is 0 Å². The van der Waals surface area contributed by atoms with Crippen LogP contribution >= 0.6 is 0 Å². The lowest BCUT2D eigenvalue weighted by molar-refractivity contribution is 0.525. The van der Waals surface area contributed by atoms with Crippen LogP contribution in [0, 0.1) is 6.92 Å². The Bertz CT molecular complexity index is 528. The number of aryl methyl sites for hydroxylation is 2. The highest BCUT2D eigenvalue weighted by molar-refractivity contribution is 5.39. The number of aromatic nitrogens is 2. The third kappa shape index (κ3) is 1.32. The molecule has 0 saturated heterocycles. The topological polar surface area (TPSA) is 43.8 Å². The number of nitrogen functional groups attached to an aromatic ring is 1. The first-order valence-electron chi connectivity index (χ1n) is 5.65. The Morgan fingerprint density at radius 2 is 2.19 bits per heavy atom. The van der Waals surface area contributed by atoms with Gasteiger partial charge in [0.25, 0.3) is 0 Å². The summed E-state index contributed by atoms with van der Waals surface area (Å²) in [4.78, 5) is 0. The first-order valence-corrected chi connectivity index (χ1v) is 5.65. The first-order chi connectivity index (χ1) is 7.75. The monoisotopic (exact) mass is 213 g/mol. The van der Waals surface area contributed by atoms with Crippen molar-refractivity contribution in [3.05, 3.63) is 47.2 Å². The Morgan fingerprint density at radius 3 is 2.94 bits per heavy atom. The Morgan fingerprint density at radius 1 is 1.38 bits per heavy atom. The second-order valence-corrected chi connectivity index (χ2v) is 4.41. The lowest BCUT2D eigenvalue weighted by Gasteiger charge is -2.13. The minimum atomic E-state index is 0.324. The van der Waals surface area contributed by atoms with Crippen LogP contribution in [0.4, 0.5) is 5.82 Å². The summed E-state index contributed by atoms with van der Waals surface area (Å²) in [5.41, 5.74) is 9.77. The van der Waals surface area contributed by atoms with E-state index in [1.165, 1.54) is 11.1 Å². The Labute approximate surface area is 94.9 Å². The molecular weight excluding hydrogens is 198 g/mol. The van der Waals surface area contributed by atoms with Crippen LogP contribution in [-0.4, -0.2) is 9.78 Å². The number of hydrogen-bond acceptors (Lipinski definition) is 2. The van der Waals surface area contributed by atoms with Gasteiger partial charge in [-0.1, -0.05) is 24.3 Å². The van der Waals surface area contributed by atoms with Crippen LogP contribution in [0.25, 0.3) is 0 Å². The molecule has 82 valence electrons. The fourth-order valence-electron chi connectivity index (χ4n) is 2.58. The maximum atomic E-state index is 5.98. The molecule has 1 aliphatic rings. The van der Waals surface area contributed by atoms with Gasteiger partial charge in [-0.2, -0.15) is 5.10 Å². The van der Waals surface area contributed by atoms with E-state index in [4.69, 9.17) is 5.73 Å². The molecule has 3 nitrogen and oxygen atoms in total. The lowest BCUT2D eigenvalue weighted by atomic mass is 10.1. The molecule has 1 atom stereocenters. The normalized spacial score (nSPS) is 18.7. The highest BCUT2D eigenvalue weighted by Crippen LogP contribution is 2.35. The highest BCUT2D eigenvalue weighted by Gasteiger charge is 2.25. The van der Waals surface area contributed by atoms with Crippen molar-refractivity contribution in [2.24, 2.45) is 0 Å². The molecule has 1 aromatic heterocycles. The van der Waals surface area contributed by atoms with Crippen molar-refractivity contribution in [3.8, 4) is 0 Å². The van der Waals surface area contributed by atoms with E-state index in [0.29, 0.717) is 6.04 Å². The molecule has 0 fully saturated rings. The second-order valence-electron chi connectivity index (χ2n) is 4.41. The zero-order chi connectivity index (χ0) is 11.1. The summed E-state index contributed by atoms with van der Waals surface area (Å²) >= 11 is 0. The van der Waals surface area contributed by atoms with Gasteiger partial charge >= 0.3 is 0 Å². The van der Waals surface area contributed by atoms with Crippen molar-refractivity contribution >= 4 is 5.82 Å². The number of nitrogens with two attached hydrogens (primary N) is 1. The zero-order valence-corrected chi connectivity index (χ0v) is 9.35. The molecule has 2 aromatic rings. The van der Waals surface area contributed by atoms with E-state index in [1.807, 2.05) is 17.7 Å². The lowest BCUT2D eigenvalue weighted by Crippen LogP contribution is -2.11. The maximum absolute atomic E-state index is 5.98. The summed E-state index contributed by atoms with van der Waals surface area (Å²) in [7, 11) is 0. The molecule has 2 N–H and O–H groups in total. The molecular formula is C13H15N3. The van der Waals surface area contributed by atoms with Crippen molar-refractivity contribution in [1.82, 2.24) is 9.78 Å². The maximum Gasteiger partial charge on any atom is 0.122 e. The molecule has 0 radical (unpaired) electrons. The van der Waals surface area contributed by atoms with Gasteiger partial charge in [-0.3, -0.25) is 0 Å². The van der Waals surface area contributed by atoms with Gasteiger partial charge in [-0.25, -0.2) is 4.68 Å². The second kappa shape index (κ2) is 3.37. The number of anilines is 1. The van der Waals surface area contributed by atoms with Gasteiger partial charge in [0, 0.05) is 6.07 Å². The number of rotatable bonds is 1. The predicted molar refractivity (Wildman–Crippen MR) is 64.3 cm³/mol. The smallest absolute Gasteiger partial charge is 0.122 e. The van der Waals surface area contributed by atoms with Gasteiger partial charge in [-0.05, 0) is 30.9 Å². The van der Waals surface area contributed by atoms with Crippen LogP contribution in [0.3, 0.4) is 0 Å². The van der Waals surface area contributed by atoms with Gasteiger partial charge in [0.15, 0.2) is 0 Å². The van der Waals surface area contributed by atoms with Gasteiger partial charge in [0.05, 0.1) is 11.7 Å². The summed E-state index contributed by atoms with van der Waals surface area (Å²) < 4.78 is 1.96. The first kappa shape index (κ1) is 9.46. The van der Waals surface area contributed by atoms with E-state index in [9.17, 15) is 0 Å². The molecule has 0 amide bonds. The van der Waals surface area contributed by atoms with E-state index >= 15 is 0 Å². The molecule has 1 heterocycles. The summed E-state index contributed by atoms with van der Waals surface area (Å²) in [6.45, 7) is 1.98. The fourth-order valence-corrected chi connectivity index (χ4v) is 2.58. The van der Waals surface area contributed by atoms with Crippen molar-refractivity contribution in [1.29, 1.82) is 0 Å². The van der Waals surface area contributed by atoms with Crippen molar-refractivity contribution in [3.63, 3.8) is 0 Å². The quantitative estimate of drug-likeness (QED) is 0.790. The van der Waals surface area contributed by atoms with E-state index in [1.54, 1.807) is 0 Å². The fraction of sp³-hybridized carbons (Fsp3) is 0.308. The number of fused-ring (bicyclic) bond motifs is 1. The zero-order valence-electron chi connectivity index (χ0n) is 9.35. The van der Waals surface area contributed by atoms with Crippen LogP contribution in [0.15, 0.2) is 30.3 Å². The standard InChI is InChI=1S/C13H15N3/c1-9-8-13(14)16(15-9)12-7-6-10-4-2-3-5-11(10)12/h2-5,8,12H,6-7,14H2,1H3. The van der Waals surface area contributed by atoms with Crippen LogP contribution < -0.4 is 5.73 Å². The molecule has 1 unspecified atom stereocenters. The molecule has 1 aromatic carbocycles. The van der Waals surface area contributed by atoms with Gasteiger partial charge < -0.3 is 5.73 Å². The van der Waals surface area contributed by atoms with E-state index in [-0.39, 0.29) is 0 Å². The average molecular weight is 213 g/mol. The molecule has 3 heteroatoms. The number of nitrogens with zero attached hydrogens (tertiary/aromatic N) is 2. The summed E-state index contributed by atoms with van der Waals surface area (Å²) in [5.74, 6) is 0.763. The molecule has 0 aliphatic heterocycles. The van der Waals surface area contributed by atoms with Crippen molar-refractivity contribution < 1.29 is 0 Å².